The van der Waals surface area contributed by atoms with Crippen LogP contribution in [-0.4, -0.2) is 26.1 Å². The summed E-state index contributed by atoms with van der Waals surface area (Å²) in [5, 5.41) is 14.7. The lowest BCUT2D eigenvalue weighted by Gasteiger charge is -2.06. The predicted octanol–water partition coefficient (Wildman–Crippen LogP) is 2.19. The lowest BCUT2D eigenvalue weighted by atomic mass is 10.2. The zero-order chi connectivity index (χ0) is 13.9. The Morgan fingerprint density at radius 1 is 1.45 bits per heavy atom. The van der Waals surface area contributed by atoms with Crippen LogP contribution >= 0.6 is 0 Å². The Balaban J connectivity index is 1.87. The summed E-state index contributed by atoms with van der Waals surface area (Å²) in [6, 6.07) is 7.96. The lowest BCUT2D eigenvalue weighted by molar-refractivity contribution is -0.111. The molecule has 1 heterocycles. The van der Waals surface area contributed by atoms with Crippen molar-refractivity contribution in [3.05, 3.63) is 36.4 Å². The highest BCUT2D eigenvalue weighted by Crippen LogP contribution is 2.36. The van der Waals surface area contributed by atoms with Crippen LogP contribution < -0.4 is 5.32 Å². The number of tetrazole rings is 1. The van der Waals surface area contributed by atoms with Gasteiger partial charge in [0.1, 0.15) is 0 Å². The van der Waals surface area contributed by atoms with E-state index in [1.54, 1.807) is 13.0 Å². The summed E-state index contributed by atoms with van der Waals surface area (Å²) in [7, 11) is 0. The minimum Gasteiger partial charge on any atom is -0.322 e. The van der Waals surface area contributed by atoms with E-state index in [2.05, 4.69) is 20.8 Å². The van der Waals surface area contributed by atoms with Crippen LogP contribution in [0.3, 0.4) is 0 Å². The number of aromatic nitrogens is 4. The maximum absolute atomic E-state index is 11.6. The fraction of sp³-hybridized carbons (Fsp3) is 0.286. The van der Waals surface area contributed by atoms with Gasteiger partial charge < -0.3 is 5.32 Å². The second kappa shape index (κ2) is 5.24. The van der Waals surface area contributed by atoms with Crippen molar-refractivity contribution >= 4 is 11.6 Å². The number of carbonyl (C=O) groups excluding carboxylic acids is 1. The lowest BCUT2D eigenvalue weighted by Crippen LogP contribution is -2.07. The highest BCUT2D eigenvalue weighted by molar-refractivity contribution is 5.99. The van der Waals surface area contributed by atoms with Crippen molar-refractivity contribution in [2.45, 2.75) is 25.8 Å². The number of amides is 1. The molecule has 0 atom stereocenters. The Labute approximate surface area is 116 Å². The number of hydrogen-bond donors (Lipinski definition) is 1. The van der Waals surface area contributed by atoms with Gasteiger partial charge in [0, 0.05) is 11.3 Å². The predicted molar refractivity (Wildman–Crippen MR) is 75.0 cm³/mol. The van der Waals surface area contributed by atoms with Crippen molar-refractivity contribution in [1.29, 1.82) is 0 Å². The van der Waals surface area contributed by atoms with Gasteiger partial charge in [-0.15, -0.1) is 5.10 Å². The molecule has 3 rings (SSSR count). The Kier molecular flexibility index (Phi) is 3.28. The van der Waals surface area contributed by atoms with Crippen LogP contribution in [0.1, 0.15) is 25.8 Å². The van der Waals surface area contributed by atoms with Crippen molar-refractivity contribution in [3.63, 3.8) is 0 Å². The zero-order valence-corrected chi connectivity index (χ0v) is 11.2. The Hall–Kier alpha value is -2.50. The molecule has 0 saturated heterocycles. The molecule has 1 fully saturated rings. The number of rotatable bonds is 4. The average molecular weight is 269 g/mol. The van der Waals surface area contributed by atoms with Crippen molar-refractivity contribution in [2.75, 3.05) is 5.32 Å². The van der Waals surface area contributed by atoms with E-state index in [0.717, 1.165) is 29.9 Å². The Morgan fingerprint density at radius 2 is 2.30 bits per heavy atom. The van der Waals surface area contributed by atoms with Crippen LogP contribution in [0.25, 0.3) is 11.4 Å². The monoisotopic (exact) mass is 269 g/mol. The minimum atomic E-state index is -0.147. The summed E-state index contributed by atoms with van der Waals surface area (Å²) in [6.07, 6.45) is 5.43. The topological polar surface area (TPSA) is 72.7 Å². The van der Waals surface area contributed by atoms with E-state index >= 15 is 0 Å². The molecule has 0 radical (unpaired) electrons. The smallest absolute Gasteiger partial charge is 0.248 e. The first kappa shape index (κ1) is 12.5. The largest absolute Gasteiger partial charge is 0.322 e. The summed E-state index contributed by atoms with van der Waals surface area (Å²) in [4.78, 5) is 11.6. The first-order valence-electron chi connectivity index (χ1n) is 6.60. The van der Waals surface area contributed by atoms with Gasteiger partial charge in [0.2, 0.25) is 5.91 Å². The highest BCUT2D eigenvalue weighted by atomic mass is 16.1. The van der Waals surface area contributed by atoms with Gasteiger partial charge in [-0.1, -0.05) is 18.2 Å². The SMILES string of the molecule is C/C=C/C(=O)Nc1cccc(-c2nnnn2C2CC2)c1. The van der Waals surface area contributed by atoms with E-state index in [9.17, 15) is 4.79 Å². The molecule has 1 aromatic carbocycles. The summed E-state index contributed by atoms with van der Waals surface area (Å²) < 4.78 is 1.85. The molecule has 1 aliphatic rings. The Bertz CT molecular complexity index is 657. The molecule has 6 heteroatoms. The van der Waals surface area contributed by atoms with Crippen LogP contribution in [-0.2, 0) is 4.79 Å². The number of hydrogen-bond acceptors (Lipinski definition) is 4. The fourth-order valence-electron chi connectivity index (χ4n) is 2.02. The van der Waals surface area contributed by atoms with Crippen LogP contribution in [0.2, 0.25) is 0 Å². The van der Waals surface area contributed by atoms with E-state index in [0.29, 0.717) is 6.04 Å². The molecule has 102 valence electrons. The summed E-state index contributed by atoms with van der Waals surface area (Å²) in [5.74, 6) is 0.598. The summed E-state index contributed by atoms with van der Waals surface area (Å²) in [6.45, 7) is 1.81. The second-order valence-corrected chi connectivity index (χ2v) is 4.75. The van der Waals surface area contributed by atoms with E-state index in [-0.39, 0.29) is 5.91 Å². The molecule has 1 aromatic heterocycles. The van der Waals surface area contributed by atoms with Gasteiger partial charge in [-0.25, -0.2) is 4.68 Å². The maximum Gasteiger partial charge on any atom is 0.248 e. The van der Waals surface area contributed by atoms with Gasteiger partial charge in [-0.05, 0) is 48.4 Å². The molecule has 20 heavy (non-hydrogen) atoms. The summed E-state index contributed by atoms with van der Waals surface area (Å²) >= 11 is 0. The van der Waals surface area contributed by atoms with E-state index in [4.69, 9.17) is 0 Å². The van der Waals surface area contributed by atoms with Crippen molar-refractivity contribution in [3.8, 4) is 11.4 Å². The standard InChI is InChI=1S/C14H15N5O/c1-2-4-13(20)15-11-6-3-5-10(9-11)14-16-17-18-19(14)12-7-8-12/h2-6,9,12H,7-8H2,1H3,(H,15,20)/b4-2+. The zero-order valence-electron chi connectivity index (χ0n) is 11.2. The molecule has 0 bridgehead atoms. The third kappa shape index (κ3) is 2.59. The first-order valence-corrected chi connectivity index (χ1v) is 6.60. The van der Waals surface area contributed by atoms with Gasteiger partial charge in [0.25, 0.3) is 0 Å². The third-order valence-corrected chi connectivity index (χ3v) is 3.09. The van der Waals surface area contributed by atoms with Crippen molar-refractivity contribution in [2.24, 2.45) is 0 Å². The molecule has 0 unspecified atom stereocenters. The van der Waals surface area contributed by atoms with E-state index in [1.807, 2.05) is 28.9 Å². The van der Waals surface area contributed by atoms with Gasteiger partial charge in [-0.2, -0.15) is 0 Å². The molecular weight excluding hydrogens is 254 g/mol. The number of carbonyl (C=O) groups is 1. The normalized spacial score (nSPS) is 14.7. The average Bonchev–Trinajstić information content (AvgIpc) is 3.16. The molecule has 1 aliphatic carbocycles. The van der Waals surface area contributed by atoms with Gasteiger partial charge in [-0.3, -0.25) is 4.79 Å². The van der Waals surface area contributed by atoms with Crippen molar-refractivity contribution in [1.82, 2.24) is 20.2 Å². The maximum atomic E-state index is 11.6. The van der Waals surface area contributed by atoms with Gasteiger partial charge >= 0.3 is 0 Å². The number of nitrogens with one attached hydrogen (secondary N) is 1. The van der Waals surface area contributed by atoms with Gasteiger partial charge in [0.15, 0.2) is 5.82 Å². The molecule has 1 N–H and O–H groups in total. The molecule has 1 amide bonds. The van der Waals surface area contributed by atoms with Crippen LogP contribution in [0.15, 0.2) is 36.4 Å². The third-order valence-electron chi connectivity index (χ3n) is 3.09. The first-order chi connectivity index (χ1) is 9.78. The molecular formula is C14H15N5O. The molecule has 2 aromatic rings. The van der Waals surface area contributed by atoms with E-state index < -0.39 is 0 Å². The number of allylic oxidation sites excluding steroid dienone is 1. The highest BCUT2D eigenvalue weighted by Gasteiger charge is 2.28. The minimum absolute atomic E-state index is 0.147. The molecule has 6 nitrogen and oxygen atoms in total. The number of benzene rings is 1. The molecule has 0 spiro atoms. The molecule has 0 aliphatic heterocycles. The molecule has 1 saturated carbocycles. The number of anilines is 1. The fourth-order valence-corrected chi connectivity index (χ4v) is 2.02. The van der Waals surface area contributed by atoms with Crippen LogP contribution in [0.4, 0.5) is 5.69 Å². The van der Waals surface area contributed by atoms with Gasteiger partial charge in [0.05, 0.1) is 6.04 Å². The van der Waals surface area contributed by atoms with Crippen molar-refractivity contribution < 1.29 is 4.79 Å². The number of nitrogens with zero attached hydrogens (tertiary/aromatic N) is 4. The Morgan fingerprint density at radius 3 is 3.05 bits per heavy atom. The van der Waals surface area contributed by atoms with Crippen LogP contribution in [0.5, 0.6) is 0 Å². The summed E-state index contributed by atoms with van der Waals surface area (Å²) in [5.41, 5.74) is 1.64. The second-order valence-electron chi connectivity index (χ2n) is 4.75. The quantitative estimate of drug-likeness (QED) is 0.863. The van der Waals surface area contributed by atoms with Crippen LogP contribution in [0, 0.1) is 0 Å². The van der Waals surface area contributed by atoms with E-state index in [1.165, 1.54) is 6.08 Å².